The van der Waals surface area contributed by atoms with Crippen LogP contribution in [0.3, 0.4) is 0 Å². The van der Waals surface area contributed by atoms with E-state index >= 15 is 0 Å². The molecule has 3 N–H and O–H groups in total. The van der Waals surface area contributed by atoms with Crippen molar-refractivity contribution in [2.45, 2.75) is 13.3 Å². The molecule has 1 aliphatic heterocycles. The summed E-state index contributed by atoms with van der Waals surface area (Å²) in [6, 6.07) is 0. The molecule has 0 aliphatic carbocycles. The highest BCUT2D eigenvalue weighted by molar-refractivity contribution is 5.80. The molecule has 0 aromatic rings. The summed E-state index contributed by atoms with van der Waals surface area (Å²) in [5.41, 5.74) is 5.39. The van der Waals surface area contributed by atoms with E-state index in [1.807, 2.05) is 4.90 Å². The number of amides is 2. The summed E-state index contributed by atoms with van der Waals surface area (Å²) >= 11 is 0. The quantitative estimate of drug-likeness (QED) is 0.652. The zero-order valence-electron chi connectivity index (χ0n) is 11.3. The molecular weight excluding hydrogens is 232 g/mol. The van der Waals surface area contributed by atoms with Crippen LogP contribution in [0.15, 0.2) is 0 Å². The van der Waals surface area contributed by atoms with Crippen molar-refractivity contribution in [2.75, 3.05) is 46.3 Å². The Kier molecular flexibility index (Phi) is 6.07. The third kappa shape index (κ3) is 4.62. The molecule has 1 fully saturated rings. The maximum atomic E-state index is 11.9. The molecular formula is C12H24N4O2. The maximum Gasteiger partial charge on any atom is 0.224 e. The van der Waals surface area contributed by atoms with Gasteiger partial charge in [-0.05, 0) is 7.05 Å². The topological polar surface area (TPSA) is 78.7 Å². The number of carbonyl (C=O) groups excluding carboxylic acids is 2. The number of nitrogens with one attached hydrogen (secondary N) is 1. The van der Waals surface area contributed by atoms with Crippen LogP contribution in [0, 0.1) is 5.92 Å². The SMILES string of the molecule is CC(CN)C(=O)NCCC(=O)N1CCN(C)CC1. The highest BCUT2D eigenvalue weighted by atomic mass is 16.2. The second-order valence-corrected chi connectivity index (χ2v) is 4.86. The monoisotopic (exact) mass is 256 g/mol. The van der Waals surface area contributed by atoms with Crippen LogP contribution in [0.4, 0.5) is 0 Å². The summed E-state index contributed by atoms with van der Waals surface area (Å²) in [5.74, 6) is -0.156. The second-order valence-electron chi connectivity index (χ2n) is 4.86. The molecule has 18 heavy (non-hydrogen) atoms. The minimum atomic E-state index is -0.191. The van der Waals surface area contributed by atoms with E-state index in [4.69, 9.17) is 5.73 Å². The lowest BCUT2D eigenvalue weighted by molar-refractivity contribution is -0.132. The van der Waals surface area contributed by atoms with E-state index in [-0.39, 0.29) is 17.7 Å². The first-order chi connectivity index (χ1) is 8.54. The van der Waals surface area contributed by atoms with Crippen molar-refractivity contribution in [2.24, 2.45) is 11.7 Å². The van der Waals surface area contributed by atoms with Gasteiger partial charge in [-0.3, -0.25) is 9.59 Å². The number of hydrogen-bond donors (Lipinski definition) is 2. The first kappa shape index (κ1) is 14.9. The van der Waals surface area contributed by atoms with Gasteiger partial charge in [0.1, 0.15) is 0 Å². The van der Waals surface area contributed by atoms with Gasteiger partial charge in [-0.1, -0.05) is 6.92 Å². The van der Waals surface area contributed by atoms with Crippen LogP contribution in [0.25, 0.3) is 0 Å². The summed E-state index contributed by atoms with van der Waals surface area (Å²) in [6.45, 7) is 5.90. The first-order valence-corrected chi connectivity index (χ1v) is 6.48. The van der Waals surface area contributed by atoms with Gasteiger partial charge in [-0.2, -0.15) is 0 Å². The minimum Gasteiger partial charge on any atom is -0.355 e. The molecule has 0 bridgehead atoms. The Morgan fingerprint density at radius 1 is 1.28 bits per heavy atom. The predicted octanol–water partition coefficient (Wildman–Crippen LogP) is -1.14. The average molecular weight is 256 g/mol. The molecule has 0 aromatic heterocycles. The molecule has 1 rings (SSSR count). The number of carbonyl (C=O) groups is 2. The Morgan fingerprint density at radius 3 is 2.44 bits per heavy atom. The van der Waals surface area contributed by atoms with Crippen molar-refractivity contribution < 1.29 is 9.59 Å². The Hall–Kier alpha value is -1.14. The molecule has 1 heterocycles. The number of nitrogens with two attached hydrogens (primary N) is 1. The van der Waals surface area contributed by atoms with E-state index in [1.54, 1.807) is 6.92 Å². The fourth-order valence-electron chi connectivity index (χ4n) is 1.79. The molecule has 6 nitrogen and oxygen atoms in total. The molecule has 0 saturated carbocycles. The van der Waals surface area contributed by atoms with Gasteiger partial charge in [0.05, 0.1) is 0 Å². The van der Waals surface area contributed by atoms with Gasteiger partial charge in [0.25, 0.3) is 0 Å². The fraction of sp³-hybridized carbons (Fsp3) is 0.833. The lowest BCUT2D eigenvalue weighted by atomic mass is 10.1. The average Bonchev–Trinajstić information content (AvgIpc) is 2.38. The number of piperazine rings is 1. The Bertz CT molecular complexity index is 288. The third-order valence-electron chi connectivity index (χ3n) is 3.30. The van der Waals surface area contributed by atoms with Crippen LogP contribution >= 0.6 is 0 Å². The third-order valence-corrected chi connectivity index (χ3v) is 3.30. The molecule has 0 radical (unpaired) electrons. The number of rotatable bonds is 5. The predicted molar refractivity (Wildman–Crippen MR) is 69.9 cm³/mol. The second kappa shape index (κ2) is 7.33. The summed E-state index contributed by atoms with van der Waals surface area (Å²) in [7, 11) is 2.05. The van der Waals surface area contributed by atoms with E-state index in [2.05, 4.69) is 17.3 Å². The minimum absolute atomic E-state index is 0.0799. The smallest absolute Gasteiger partial charge is 0.224 e. The van der Waals surface area contributed by atoms with Gasteiger partial charge >= 0.3 is 0 Å². The van der Waals surface area contributed by atoms with Gasteiger partial charge in [0.2, 0.25) is 11.8 Å². The van der Waals surface area contributed by atoms with Gasteiger partial charge in [0.15, 0.2) is 0 Å². The molecule has 2 amide bonds. The molecule has 6 heteroatoms. The summed E-state index contributed by atoms with van der Waals surface area (Å²) in [5, 5.41) is 2.74. The van der Waals surface area contributed by atoms with E-state index in [1.165, 1.54) is 0 Å². The lowest BCUT2D eigenvalue weighted by Crippen LogP contribution is -2.47. The maximum absolute atomic E-state index is 11.9. The number of hydrogen-bond acceptors (Lipinski definition) is 4. The van der Waals surface area contributed by atoms with Gasteiger partial charge in [-0.25, -0.2) is 0 Å². The van der Waals surface area contributed by atoms with Crippen molar-refractivity contribution in [3.8, 4) is 0 Å². The van der Waals surface area contributed by atoms with Crippen molar-refractivity contribution >= 4 is 11.8 Å². The van der Waals surface area contributed by atoms with E-state index < -0.39 is 0 Å². The van der Waals surface area contributed by atoms with E-state index in [0.717, 1.165) is 26.2 Å². The summed E-state index contributed by atoms with van der Waals surface area (Å²) in [4.78, 5) is 27.4. The molecule has 1 atom stereocenters. The van der Waals surface area contributed by atoms with Gasteiger partial charge < -0.3 is 20.9 Å². The molecule has 1 saturated heterocycles. The Morgan fingerprint density at radius 2 is 1.89 bits per heavy atom. The first-order valence-electron chi connectivity index (χ1n) is 6.48. The van der Waals surface area contributed by atoms with Crippen LogP contribution in [-0.2, 0) is 9.59 Å². The Labute approximate surface area is 108 Å². The highest BCUT2D eigenvalue weighted by Crippen LogP contribution is 2.01. The molecule has 0 spiro atoms. The molecule has 1 unspecified atom stereocenters. The molecule has 1 aliphatic rings. The van der Waals surface area contributed by atoms with Crippen LogP contribution in [0.2, 0.25) is 0 Å². The molecule has 104 valence electrons. The van der Waals surface area contributed by atoms with Crippen molar-refractivity contribution in [1.29, 1.82) is 0 Å². The van der Waals surface area contributed by atoms with E-state index in [9.17, 15) is 9.59 Å². The summed E-state index contributed by atoms with van der Waals surface area (Å²) < 4.78 is 0. The van der Waals surface area contributed by atoms with Crippen LogP contribution in [0.5, 0.6) is 0 Å². The molecule has 0 aromatic carbocycles. The van der Waals surface area contributed by atoms with Crippen molar-refractivity contribution in [3.05, 3.63) is 0 Å². The Balaban J connectivity index is 2.19. The van der Waals surface area contributed by atoms with Gasteiger partial charge in [-0.15, -0.1) is 0 Å². The lowest BCUT2D eigenvalue weighted by Gasteiger charge is -2.32. The van der Waals surface area contributed by atoms with Crippen molar-refractivity contribution in [1.82, 2.24) is 15.1 Å². The normalized spacial score (nSPS) is 18.5. The zero-order chi connectivity index (χ0) is 13.5. The zero-order valence-corrected chi connectivity index (χ0v) is 11.3. The highest BCUT2D eigenvalue weighted by Gasteiger charge is 2.19. The van der Waals surface area contributed by atoms with Crippen molar-refractivity contribution in [3.63, 3.8) is 0 Å². The van der Waals surface area contributed by atoms with Crippen LogP contribution in [-0.4, -0.2) is 67.9 Å². The van der Waals surface area contributed by atoms with E-state index in [0.29, 0.717) is 19.5 Å². The number of nitrogens with zero attached hydrogens (tertiary/aromatic N) is 2. The number of likely N-dealkylation sites (N-methyl/N-ethyl adjacent to an activating group) is 1. The standard InChI is InChI=1S/C12H24N4O2/c1-10(9-13)12(18)14-4-3-11(17)16-7-5-15(2)6-8-16/h10H,3-9,13H2,1-2H3,(H,14,18). The van der Waals surface area contributed by atoms with Crippen LogP contribution < -0.4 is 11.1 Å². The van der Waals surface area contributed by atoms with Crippen LogP contribution in [0.1, 0.15) is 13.3 Å². The van der Waals surface area contributed by atoms with Gasteiger partial charge in [0, 0.05) is 51.6 Å². The summed E-state index contributed by atoms with van der Waals surface area (Å²) in [6.07, 6.45) is 0.368. The largest absolute Gasteiger partial charge is 0.355 e. The fourth-order valence-corrected chi connectivity index (χ4v) is 1.79.